The van der Waals surface area contributed by atoms with Crippen LogP contribution in [0.4, 0.5) is 0 Å². The van der Waals surface area contributed by atoms with E-state index in [1.165, 1.54) is 25.7 Å². The van der Waals surface area contributed by atoms with Crippen molar-refractivity contribution >= 4 is 35.3 Å². The molecule has 2 aliphatic rings. The highest BCUT2D eigenvalue weighted by Crippen LogP contribution is 2.47. The Morgan fingerprint density at radius 2 is 2.21 bits per heavy atom. The number of carbonyl (C=O) groups excluding carboxylic acids is 1. The van der Waals surface area contributed by atoms with E-state index in [2.05, 4.69) is 10.5 Å². The highest BCUT2D eigenvalue weighted by molar-refractivity contribution is 6.35. The molecule has 0 aliphatic heterocycles. The quantitative estimate of drug-likeness (QED) is 0.431. The molecule has 2 fully saturated rings. The van der Waals surface area contributed by atoms with Gasteiger partial charge in [0.1, 0.15) is 5.75 Å². The fourth-order valence-electron chi connectivity index (χ4n) is 3.74. The Morgan fingerprint density at radius 3 is 2.92 bits per heavy atom. The number of nitrogens with zero attached hydrogens (tertiary/aromatic N) is 1. The van der Waals surface area contributed by atoms with Gasteiger partial charge in [-0.3, -0.25) is 4.79 Å². The smallest absolute Gasteiger partial charge is 0.240 e. The summed E-state index contributed by atoms with van der Waals surface area (Å²) in [5.41, 5.74) is 2.62. The van der Waals surface area contributed by atoms with Crippen molar-refractivity contribution in [2.45, 2.75) is 38.5 Å². The Hall–Kier alpha value is -1.26. The largest absolute Gasteiger partial charge is 0.492 e. The van der Waals surface area contributed by atoms with Crippen LogP contribution in [0.2, 0.25) is 10.0 Å². The van der Waals surface area contributed by atoms with Gasteiger partial charge < -0.3 is 4.74 Å². The first kappa shape index (κ1) is 17.6. The second-order valence-corrected chi connectivity index (χ2v) is 7.52. The Kier molecular flexibility index (Phi) is 6.01. The fraction of sp³-hybridized carbons (Fsp3) is 0.556. The molecule has 0 heterocycles. The van der Waals surface area contributed by atoms with Crippen molar-refractivity contribution in [3.8, 4) is 5.75 Å². The Bertz CT molecular complexity index is 621. The van der Waals surface area contributed by atoms with Crippen LogP contribution in [0.5, 0.6) is 5.75 Å². The van der Waals surface area contributed by atoms with Crippen LogP contribution in [0.1, 0.15) is 38.5 Å². The van der Waals surface area contributed by atoms with Crippen molar-refractivity contribution in [2.75, 3.05) is 6.61 Å². The maximum Gasteiger partial charge on any atom is 0.240 e. The fourth-order valence-corrected chi connectivity index (χ4v) is 4.21. The van der Waals surface area contributed by atoms with Gasteiger partial charge in [-0.25, -0.2) is 5.43 Å². The van der Waals surface area contributed by atoms with Gasteiger partial charge in [0.15, 0.2) is 0 Å². The Labute approximate surface area is 152 Å². The van der Waals surface area contributed by atoms with Crippen LogP contribution in [0.15, 0.2) is 23.3 Å². The van der Waals surface area contributed by atoms with Crippen molar-refractivity contribution in [2.24, 2.45) is 22.9 Å². The first-order valence-corrected chi connectivity index (χ1v) is 9.27. The molecular weight excluding hydrogens is 347 g/mol. The van der Waals surface area contributed by atoms with Gasteiger partial charge in [0, 0.05) is 17.7 Å². The number of hydrogen-bond donors (Lipinski definition) is 1. The molecule has 2 bridgehead atoms. The molecule has 24 heavy (non-hydrogen) atoms. The van der Waals surface area contributed by atoms with Crippen molar-refractivity contribution < 1.29 is 9.53 Å². The van der Waals surface area contributed by atoms with Crippen LogP contribution in [0, 0.1) is 17.8 Å². The Balaban J connectivity index is 1.31. The standard InChI is InChI=1S/C18H22Cl2N2O2/c19-15-5-6-17(16(20)10-15)24-7-1-2-18(23)22-21-11-14-9-12-3-4-13(14)8-12/h5-6,10-14H,1-4,7-9H2,(H,22,23)/b21-11+. The molecule has 1 aromatic carbocycles. The SMILES string of the molecule is O=C(CCCOc1ccc(Cl)cc1Cl)N/N=C/C1CC2CCC1C2. The van der Waals surface area contributed by atoms with E-state index in [0.29, 0.717) is 41.2 Å². The molecule has 0 aromatic heterocycles. The zero-order chi connectivity index (χ0) is 16.9. The molecule has 0 spiro atoms. The average molecular weight is 369 g/mol. The number of benzene rings is 1. The van der Waals surface area contributed by atoms with Crippen molar-refractivity contribution in [3.63, 3.8) is 0 Å². The molecule has 4 nitrogen and oxygen atoms in total. The van der Waals surface area contributed by atoms with Gasteiger partial charge in [0.2, 0.25) is 5.91 Å². The highest BCUT2D eigenvalue weighted by Gasteiger charge is 2.38. The van der Waals surface area contributed by atoms with Crippen LogP contribution in [-0.4, -0.2) is 18.7 Å². The predicted molar refractivity (Wildman–Crippen MR) is 96.8 cm³/mol. The van der Waals surface area contributed by atoms with E-state index in [-0.39, 0.29) is 5.91 Å². The summed E-state index contributed by atoms with van der Waals surface area (Å²) in [6, 6.07) is 5.08. The molecule has 2 saturated carbocycles. The van der Waals surface area contributed by atoms with E-state index in [1.54, 1.807) is 18.2 Å². The molecule has 2 aliphatic carbocycles. The van der Waals surface area contributed by atoms with E-state index in [1.807, 2.05) is 6.21 Å². The first-order chi connectivity index (χ1) is 11.6. The lowest BCUT2D eigenvalue weighted by atomic mass is 9.90. The number of carbonyl (C=O) groups is 1. The maximum absolute atomic E-state index is 11.8. The summed E-state index contributed by atoms with van der Waals surface area (Å²) in [5, 5.41) is 5.18. The summed E-state index contributed by atoms with van der Waals surface area (Å²) in [6.45, 7) is 0.421. The average Bonchev–Trinajstić information content (AvgIpc) is 3.16. The summed E-state index contributed by atoms with van der Waals surface area (Å²) in [7, 11) is 0. The van der Waals surface area contributed by atoms with Crippen LogP contribution < -0.4 is 10.2 Å². The number of halogens is 2. The van der Waals surface area contributed by atoms with E-state index in [4.69, 9.17) is 27.9 Å². The molecule has 1 aromatic rings. The number of hydrogen-bond acceptors (Lipinski definition) is 3. The van der Waals surface area contributed by atoms with Crippen LogP contribution in [-0.2, 0) is 4.79 Å². The second-order valence-electron chi connectivity index (χ2n) is 6.68. The number of nitrogens with one attached hydrogen (secondary N) is 1. The number of fused-ring (bicyclic) bond motifs is 2. The minimum absolute atomic E-state index is 0.0831. The first-order valence-electron chi connectivity index (χ1n) is 8.51. The zero-order valence-electron chi connectivity index (χ0n) is 13.5. The van der Waals surface area contributed by atoms with Gasteiger partial charge in [-0.1, -0.05) is 29.6 Å². The van der Waals surface area contributed by atoms with E-state index in [0.717, 1.165) is 11.8 Å². The third-order valence-corrected chi connectivity index (χ3v) is 5.48. The van der Waals surface area contributed by atoms with Crippen molar-refractivity contribution in [1.82, 2.24) is 5.43 Å². The van der Waals surface area contributed by atoms with Gasteiger partial charge in [0.25, 0.3) is 0 Å². The lowest BCUT2D eigenvalue weighted by Gasteiger charge is -2.16. The monoisotopic (exact) mass is 368 g/mol. The molecule has 3 rings (SSSR count). The van der Waals surface area contributed by atoms with Crippen LogP contribution >= 0.6 is 23.2 Å². The normalized spacial score (nSPS) is 25.3. The minimum atomic E-state index is -0.0831. The predicted octanol–water partition coefficient (Wildman–Crippen LogP) is 4.69. The lowest BCUT2D eigenvalue weighted by Crippen LogP contribution is -2.20. The molecule has 3 unspecified atom stereocenters. The summed E-state index contributed by atoms with van der Waals surface area (Å²) in [4.78, 5) is 11.8. The maximum atomic E-state index is 11.8. The molecule has 1 amide bonds. The molecule has 3 atom stereocenters. The molecule has 130 valence electrons. The second kappa shape index (κ2) is 8.21. The molecule has 6 heteroatoms. The summed E-state index contributed by atoms with van der Waals surface area (Å²) in [5.74, 6) is 2.72. The summed E-state index contributed by atoms with van der Waals surface area (Å²) in [6.07, 6.45) is 8.19. The minimum Gasteiger partial charge on any atom is -0.492 e. The highest BCUT2D eigenvalue weighted by atomic mass is 35.5. The van der Waals surface area contributed by atoms with Crippen LogP contribution in [0.3, 0.4) is 0 Å². The molecule has 0 radical (unpaired) electrons. The summed E-state index contributed by atoms with van der Waals surface area (Å²) >= 11 is 11.9. The van der Waals surface area contributed by atoms with Gasteiger partial charge in [-0.15, -0.1) is 0 Å². The summed E-state index contributed by atoms with van der Waals surface area (Å²) < 4.78 is 5.55. The number of hydrazone groups is 1. The molecular formula is C18H22Cl2N2O2. The topological polar surface area (TPSA) is 50.7 Å². The third-order valence-electron chi connectivity index (χ3n) is 4.95. The number of rotatable bonds is 7. The lowest BCUT2D eigenvalue weighted by molar-refractivity contribution is -0.121. The van der Waals surface area contributed by atoms with Gasteiger partial charge in [-0.05, 0) is 61.6 Å². The number of amides is 1. The third kappa shape index (κ3) is 4.64. The Morgan fingerprint density at radius 1 is 1.33 bits per heavy atom. The van der Waals surface area contributed by atoms with Gasteiger partial charge in [0.05, 0.1) is 11.6 Å². The number of ether oxygens (including phenoxy) is 1. The van der Waals surface area contributed by atoms with Gasteiger partial charge >= 0.3 is 0 Å². The molecule has 1 N–H and O–H groups in total. The molecule has 0 saturated heterocycles. The van der Waals surface area contributed by atoms with Crippen molar-refractivity contribution in [3.05, 3.63) is 28.2 Å². The van der Waals surface area contributed by atoms with E-state index >= 15 is 0 Å². The van der Waals surface area contributed by atoms with E-state index in [9.17, 15) is 4.79 Å². The van der Waals surface area contributed by atoms with Crippen LogP contribution in [0.25, 0.3) is 0 Å². The zero-order valence-corrected chi connectivity index (χ0v) is 15.0. The van der Waals surface area contributed by atoms with Gasteiger partial charge in [-0.2, -0.15) is 5.10 Å². The van der Waals surface area contributed by atoms with Crippen molar-refractivity contribution in [1.29, 1.82) is 0 Å². The van der Waals surface area contributed by atoms with E-state index < -0.39 is 0 Å².